The van der Waals surface area contributed by atoms with Crippen molar-refractivity contribution in [1.29, 1.82) is 0 Å². The van der Waals surface area contributed by atoms with Gasteiger partial charge in [-0.05, 0) is 26.0 Å². The van der Waals surface area contributed by atoms with Gasteiger partial charge in [-0.3, -0.25) is 4.79 Å². The van der Waals surface area contributed by atoms with Crippen LogP contribution in [0.25, 0.3) is 0 Å². The van der Waals surface area contributed by atoms with Gasteiger partial charge in [-0.2, -0.15) is 0 Å². The molecule has 5 nitrogen and oxygen atoms in total. The molecule has 0 aliphatic heterocycles. The molecule has 0 radical (unpaired) electrons. The fraction of sp³-hybridized carbons (Fsp3) is 0.308. The van der Waals surface area contributed by atoms with Crippen LogP contribution in [0.3, 0.4) is 0 Å². The molecular formula is C13H14F2N4OS. The first-order chi connectivity index (χ1) is 10.0. The number of thioether (sulfide) groups is 1. The number of amides is 1. The van der Waals surface area contributed by atoms with Gasteiger partial charge in [-0.15, -0.1) is 10.2 Å². The molecular weight excluding hydrogens is 298 g/mol. The number of aryl methyl sites for hydroxylation is 1. The van der Waals surface area contributed by atoms with Gasteiger partial charge in [0.05, 0.1) is 5.25 Å². The molecule has 2 rings (SSSR count). The summed E-state index contributed by atoms with van der Waals surface area (Å²) in [7, 11) is 0. The van der Waals surface area contributed by atoms with Gasteiger partial charge in [0, 0.05) is 6.54 Å². The summed E-state index contributed by atoms with van der Waals surface area (Å²) in [5.74, 6) is -2.12. The van der Waals surface area contributed by atoms with Gasteiger partial charge in [0.25, 0.3) is 0 Å². The fourth-order valence-corrected chi connectivity index (χ4v) is 2.49. The molecule has 112 valence electrons. The smallest absolute Gasteiger partial charge is 0.237 e. The third kappa shape index (κ3) is 3.57. The summed E-state index contributed by atoms with van der Waals surface area (Å²) in [6, 6.07) is 3.41. The second kappa shape index (κ2) is 6.66. The zero-order chi connectivity index (χ0) is 15.4. The van der Waals surface area contributed by atoms with Crippen LogP contribution >= 0.6 is 11.8 Å². The Labute approximate surface area is 124 Å². The summed E-state index contributed by atoms with van der Waals surface area (Å²) in [4.78, 5) is 12.0. The molecule has 0 spiro atoms. The number of hydrogen-bond acceptors (Lipinski definition) is 4. The van der Waals surface area contributed by atoms with Crippen LogP contribution in [-0.4, -0.2) is 25.9 Å². The minimum Gasteiger partial charge on any atom is -0.320 e. The summed E-state index contributed by atoms with van der Waals surface area (Å²) in [5.41, 5.74) is -0.438. The van der Waals surface area contributed by atoms with E-state index < -0.39 is 28.5 Å². The molecule has 2 aromatic rings. The van der Waals surface area contributed by atoms with Crippen molar-refractivity contribution in [2.24, 2.45) is 0 Å². The third-order valence-electron chi connectivity index (χ3n) is 2.78. The molecule has 1 heterocycles. The quantitative estimate of drug-likeness (QED) is 0.862. The highest BCUT2D eigenvalue weighted by atomic mass is 32.2. The van der Waals surface area contributed by atoms with Crippen LogP contribution in [0.5, 0.6) is 0 Å². The normalized spacial score (nSPS) is 12.2. The number of para-hydroxylation sites is 1. The first kappa shape index (κ1) is 15.4. The molecule has 0 unspecified atom stereocenters. The molecule has 21 heavy (non-hydrogen) atoms. The lowest BCUT2D eigenvalue weighted by molar-refractivity contribution is -0.115. The number of nitrogens with one attached hydrogen (secondary N) is 1. The average Bonchev–Trinajstić information content (AvgIpc) is 2.90. The largest absolute Gasteiger partial charge is 0.320 e. The molecule has 1 atom stereocenters. The van der Waals surface area contributed by atoms with Gasteiger partial charge in [-0.25, -0.2) is 8.78 Å². The standard InChI is InChI=1S/C13H14F2N4OS/c1-3-19-7-16-18-13(19)21-8(2)12(20)17-11-9(14)5-4-6-10(11)15/h4-8H,3H2,1-2H3,(H,17,20)/t8-/m1/s1. The molecule has 0 fully saturated rings. The molecule has 0 saturated carbocycles. The number of benzene rings is 1. The van der Waals surface area contributed by atoms with E-state index in [0.717, 1.165) is 12.1 Å². The van der Waals surface area contributed by atoms with Gasteiger partial charge >= 0.3 is 0 Å². The number of anilines is 1. The van der Waals surface area contributed by atoms with Crippen LogP contribution in [0, 0.1) is 11.6 Å². The number of halogens is 2. The Morgan fingerprint density at radius 1 is 1.43 bits per heavy atom. The van der Waals surface area contributed by atoms with Crippen LogP contribution < -0.4 is 5.32 Å². The number of carbonyl (C=O) groups excluding carboxylic acids is 1. The average molecular weight is 312 g/mol. The van der Waals surface area contributed by atoms with Crippen molar-refractivity contribution >= 4 is 23.4 Å². The molecule has 8 heteroatoms. The van der Waals surface area contributed by atoms with E-state index >= 15 is 0 Å². The van der Waals surface area contributed by atoms with Gasteiger partial charge < -0.3 is 9.88 Å². The maximum absolute atomic E-state index is 13.5. The number of rotatable bonds is 5. The lowest BCUT2D eigenvalue weighted by atomic mass is 10.3. The Hall–Kier alpha value is -1.96. The minimum atomic E-state index is -0.808. The zero-order valence-corrected chi connectivity index (χ0v) is 12.3. The van der Waals surface area contributed by atoms with E-state index in [1.54, 1.807) is 17.8 Å². The predicted molar refractivity (Wildman–Crippen MR) is 76.0 cm³/mol. The van der Waals surface area contributed by atoms with E-state index in [4.69, 9.17) is 0 Å². The first-order valence-electron chi connectivity index (χ1n) is 6.32. The van der Waals surface area contributed by atoms with Crippen molar-refractivity contribution in [2.45, 2.75) is 30.8 Å². The van der Waals surface area contributed by atoms with Crippen molar-refractivity contribution in [2.75, 3.05) is 5.32 Å². The topological polar surface area (TPSA) is 59.8 Å². The molecule has 1 aromatic carbocycles. The fourth-order valence-electron chi connectivity index (χ4n) is 1.61. The minimum absolute atomic E-state index is 0.438. The van der Waals surface area contributed by atoms with Crippen LogP contribution in [0.1, 0.15) is 13.8 Å². The predicted octanol–water partition coefficient (Wildman–Crippen LogP) is 2.70. The highest BCUT2D eigenvalue weighted by Gasteiger charge is 2.20. The molecule has 0 aliphatic carbocycles. The highest BCUT2D eigenvalue weighted by Crippen LogP contribution is 2.24. The van der Waals surface area contributed by atoms with E-state index in [0.29, 0.717) is 11.7 Å². The second-order valence-corrected chi connectivity index (χ2v) is 5.55. The van der Waals surface area contributed by atoms with E-state index in [2.05, 4.69) is 15.5 Å². The van der Waals surface area contributed by atoms with Crippen molar-refractivity contribution in [3.63, 3.8) is 0 Å². The van der Waals surface area contributed by atoms with Crippen LogP contribution in [0.4, 0.5) is 14.5 Å². The monoisotopic (exact) mass is 312 g/mol. The lowest BCUT2D eigenvalue weighted by Gasteiger charge is -2.12. The van der Waals surface area contributed by atoms with Gasteiger partial charge in [0.15, 0.2) is 5.16 Å². The summed E-state index contributed by atoms with van der Waals surface area (Å²) in [5, 5.41) is 9.93. The second-order valence-electron chi connectivity index (χ2n) is 4.25. The maximum atomic E-state index is 13.5. The SMILES string of the molecule is CCn1cnnc1S[C@H](C)C(=O)Nc1c(F)cccc1F. The Kier molecular flexibility index (Phi) is 4.89. The van der Waals surface area contributed by atoms with E-state index in [1.807, 2.05) is 6.92 Å². The van der Waals surface area contributed by atoms with E-state index in [-0.39, 0.29) is 0 Å². The summed E-state index contributed by atoms with van der Waals surface area (Å²) >= 11 is 1.17. The van der Waals surface area contributed by atoms with Crippen molar-refractivity contribution < 1.29 is 13.6 Å². The Bertz CT molecular complexity index is 627. The maximum Gasteiger partial charge on any atom is 0.237 e. The molecule has 1 N–H and O–H groups in total. The number of hydrogen-bond donors (Lipinski definition) is 1. The van der Waals surface area contributed by atoms with Crippen molar-refractivity contribution in [3.8, 4) is 0 Å². The Balaban J connectivity index is 2.06. The van der Waals surface area contributed by atoms with Gasteiger partial charge in [-0.1, -0.05) is 17.8 Å². The van der Waals surface area contributed by atoms with Gasteiger partial charge in [0.2, 0.25) is 5.91 Å². The molecule has 0 bridgehead atoms. The number of carbonyl (C=O) groups is 1. The lowest BCUT2D eigenvalue weighted by Crippen LogP contribution is -2.24. The van der Waals surface area contributed by atoms with E-state index in [1.165, 1.54) is 17.8 Å². The van der Waals surface area contributed by atoms with Gasteiger partial charge in [0.1, 0.15) is 23.6 Å². The molecule has 0 aliphatic rings. The van der Waals surface area contributed by atoms with Crippen LogP contribution in [0.2, 0.25) is 0 Å². The van der Waals surface area contributed by atoms with Crippen molar-refractivity contribution in [1.82, 2.24) is 14.8 Å². The van der Waals surface area contributed by atoms with E-state index in [9.17, 15) is 13.6 Å². The third-order valence-corrected chi connectivity index (χ3v) is 3.88. The van der Waals surface area contributed by atoms with Crippen LogP contribution in [0.15, 0.2) is 29.7 Å². The molecule has 0 saturated heterocycles. The number of nitrogens with zero attached hydrogens (tertiary/aromatic N) is 3. The highest BCUT2D eigenvalue weighted by molar-refractivity contribution is 8.00. The summed E-state index contributed by atoms with van der Waals surface area (Å²) in [6.07, 6.45) is 1.56. The summed E-state index contributed by atoms with van der Waals surface area (Å²) < 4.78 is 28.7. The Morgan fingerprint density at radius 2 is 2.10 bits per heavy atom. The van der Waals surface area contributed by atoms with Crippen LogP contribution in [-0.2, 0) is 11.3 Å². The molecule has 1 amide bonds. The Morgan fingerprint density at radius 3 is 2.71 bits per heavy atom. The van der Waals surface area contributed by atoms with Crippen molar-refractivity contribution in [3.05, 3.63) is 36.2 Å². The zero-order valence-electron chi connectivity index (χ0n) is 11.5. The molecule has 1 aromatic heterocycles. The first-order valence-corrected chi connectivity index (χ1v) is 7.20. The summed E-state index contributed by atoms with van der Waals surface area (Å²) in [6.45, 7) is 4.23. The number of aromatic nitrogens is 3.